The van der Waals surface area contributed by atoms with Gasteiger partial charge >= 0.3 is 0 Å². The van der Waals surface area contributed by atoms with E-state index in [0.29, 0.717) is 24.1 Å². The van der Waals surface area contributed by atoms with Crippen molar-refractivity contribution >= 4 is 17.4 Å². The summed E-state index contributed by atoms with van der Waals surface area (Å²) in [5.74, 6) is 0.976. The topological polar surface area (TPSA) is 29.5 Å². The summed E-state index contributed by atoms with van der Waals surface area (Å²) >= 11 is 5.85. The van der Waals surface area contributed by atoms with Crippen LogP contribution < -0.4 is 0 Å². The van der Waals surface area contributed by atoms with Crippen LogP contribution in [0.1, 0.15) is 36.5 Å². The maximum absolute atomic E-state index is 12.2. The number of ketones is 1. The lowest BCUT2D eigenvalue weighted by atomic mass is 10.1. The minimum atomic E-state index is 0.178. The number of rotatable bonds is 9. The van der Waals surface area contributed by atoms with Crippen LogP contribution in [-0.4, -0.2) is 43.5 Å². The number of methoxy groups -OCH3 is 1. The second-order valence-corrected chi connectivity index (χ2v) is 6.22. The van der Waals surface area contributed by atoms with Crippen LogP contribution in [0.15, 0.2) is 24.3 Å². The van der Waals surface area contributed by atoms with Crippen LogP contribution in [0, 0.1) is 5.92 Å². The molecule has 1 unspecified atom stereocenters. The van der Waals surface area contributed by atoms with Gasteiger partial charge in [0.15, 0.2) is 5.78 Å². The highest BCUT2D eigenvalue weighted by Crippen LogP contribution is 2.35. The number of hydrogen-bond acceptors (Lipinski definition) is 3. The average molecular weight is 310 g/mol. The average Bonchev–Trinajstić information content (AvgIpc) is 3.32. The lowest BCUT2D eigenvalue weighted by molar-refractivity contribution is 0.0902. The minimum Gasteiger partial charge on any atom is -0.383 e. The Hall–Kier alpha value is -0.900. The molecule has 116 valence electrons. The zero-order valence-corrected chi connectivity index (χ0v) is 13.6. The predicted molar refractivity (Wildman–Crippen MR) is 86.0 cm³/mol. The van der Waals surface area contributed by atoms with E-state index in [1.165, 1.54) is 12.8 Å². The molecule has 4 heteroatoms. The number of carbonyl (C=O) groups is 1. The van der Waals surface area contributed by atoms with Crippen molar-refractivity contribution in [2.24, 2.45) is 5.92 Å². The fourth-order valence-corrected chi connectivity index (χ4v) is 2.76. The molecule has 0 N–H and O–H groups in total. The lowest BCUT2D eigenvalue weighted by Crippen LogP contribution is -2.38. The van der Waals surface area contributed by atoms with E-state index in [9.17, 15) is 4.79 Å². The summed E-state index contributed by atoms with van der Waals surface area (Å²) in [5, 5.41) is 0.663. The highest BCUT2D eigenvalue weighted by Gasteiger charge is 2.31. The smallest absolute Gasteiger partial charge is 0.164 e. The monoisotopic (exact) mass is 309 g/mol. The van der Waals surface area contributed by atoms with Gasteiger partial charge in [0.1, 0.15) is 0 Å². The Bertz CT molecular complexity index is 456. The molecule has 0 heterocycles. The molecule has 1 aliphatic rings. The highest BCUT2D eigenvalue weighted by molar-refractivity contribution is 6.30. The second kappa shape index (κ2) is 7.92. The molecule has 0 aromatic heterocycles. The van der Waals surface area contributed by atoms with Crippen LogP contribution in [0.5, 0.6) is 0 Å². The van der Waals surface area contributed by atoms with Crippen molar-refractivity contribution in [1.82, 2.24) is 4.90 Å². The molecular formula is C17H24ClNO2. The van der Waals surface area contributed by atoms with Crippen molar-refractivity contribution in [2.75, 3.05) is 26.8 Å². The van der Waals surface area contributed by atoms with E-state index in [-0.39, 0.29) is 5.78 Å². The van der Waals surface area contributed by atoms with Gasteiger partial charge < -0.3 is 4.74 Å². The van der Waals surface area contributed by atoms with Crippen molar-refractivity contribution in [2.45, 2.75) is 32.2 Å². The number of carbonyl (C=O) groups excluding carboxylic acids is 1. The van der Waals surface area contributed by atoms with Crippen LogP contribution in [-0.2, 0) is 4.74 Å². The first-order valence-corrected chi connectivity index (χ1v) is 8.01. The Morgan fingerprint density at radius 2 is 2.00 bits per heavy atom. The molecule has 0 spiro atoms. The number of hydrogen-bond donors (Lipinski definition) is 0. The molecule has 0 bridgehead atoms. The van der Waals surface area contributed by atoms with Crippen LogP contribution in [0.2, 0.25) is 5.02 Å². The number of nitrogens with zero attached hydrogens (tertiary/aromatic N) is 1. The van der Waals surface area contributed by atoms with Crippen LogP contribution in [0.3, 0.4) is 0 Å². The van der Waals surface area contributed by atoms with Gasteiger partial charge in [-0.15, -0.1) is 0 Å². The zero-order valence-electron chi connectivity index (χ0n) is 12.8. The van der Waals surface area contributed by atoms with Gasteiger partial charge in [-0.1, -0.05) is 11.6 Å². The maximum Gasteiger partial charge on any atom is 0.164 e. The summed E-state index contributed by atoms with van der Waals surface area (Å²) in [6.45, 7) is 4.66. The highest BCUT2D eigenvalue weighted by atomic mass is 35.5. The molecule has 2 rings (SSSR count). The fourth-order valence-electron chi connectivity index (χ4n) is 2.63. The zero-order chi connectivity index (χ0) is 15.2. The van der Waals surface area contributed by atoms with Crippen molar-refractivity contribution in [3.8, 4) is 0 Å². The molecule has 1 aromatic carbocycles. The van der Waals surface area contributed by atoms with Crippen LogP contribution in [0.4, 0.5) is 0 Å². The Morgan fingerprint density at radius 3 is 2.57 bits per heavy atom. The lowest BCUT2D eigenvalue weighted by Gasteiger charge is -2.28. The fraction of sp³-hybridized carbons (Fsp3) is 0.588. The van der Waals surface area contributed by atoms with E-state index >= 15 is 0 Å². The van der Waals surface area contributed by atoms with E-state index in [1.54, 1.807) is 31.4 Å². The molecule has 21 heavy (non-hydrogen) atoms. The molecule has 1 fully saturated rings. The number of Topliss-reactive ketones (excluding diaryl/α,β-unsaturated/α-hetero) is 1. The summed E-state index contributed by atoms with van der Waals surface area (Å²) in [4.78, 5) is 14.6. The summed E-state index contributed by atoms with van der Waals surface area (Å²) in [7, 11) is 1.72. The minimum absolute atomic E-state index is 0.178. The second-order valence-electron chi connectivity index (χ2n) is 5.79. The quantitative estimate of drug-likeness (QED) is 0.652. The molecule has 1 aromatic rings. The Labute approximate surface area is 132 Å². The van der Waals surface area contributed by atoms with E-state index in [2.05, 4.69) is 11.8 Å². The van der Waals surface area contributed by atoms with Gasteiger partial charge in [-0.25, -0.2) is 0 Å². The molecular weight excluding hydrogens is 286 g/mol. The van der Waals surface area contributed by atoms with Gasteiger partial charge in [0, 0.05) is 43.2 Å². The van der Waals surface area contributed by atoms with Crippen molar-refractivity contribution < 1.29 is 9.53 Å². The first kappa shape index (κ1) is 16.5. The van der Waals surface area contributed by atoms with Crippen molar-refractivity contribution in [3.05, 3.63) is 34.9 Å². The largest absolute Gasteiger partial charge is 0.383 e. The third kappa shape index (κ3) is 5.10. The maximum atomic E-state index is 12.2. The summed E-state index contributed by atoms with van der Waals surface area (Å²) in [6, 6.07) is 7.68. The third-order valence-electron chi connectivity index (χ3n) is 4.26. The third-order valence-corrected chi connectivity index (χ3v) is 4.51. The van der Waals surface area contributed by atoms with Gasteiger partial charge in [0.05, 0.1) is 6.61 Å². The molecule has 0 radical (unpaired) electrons. The molecule has 1 atom stereocenters. The van der Waals surface area contributed by atoms with Crippen LogP contribution in [0.25, 0.3) is 0 Å². The predicted octanol–water partition coefficient (Wildman–Crippen LogP) is 3.66. The Morgan fingerprint density at radius 1 is 1.33 bits per heavy atom. The van der Waals surface area contributed by atoms with E-state index in [4.69, 9.17) is 16.3 Å². The summed E-state index contributed by atoms with van der Waals surface area (Å²) in [5.41, 5.74) is 0.741. The Balaban J connectivity index is 1.87. The molecule has 0 amide bonds. The van der Waals surface area contributed by atoms with Gasteiger partial charge in [0.2, 0.25) is 0 Å². The van der Waals surface area contributed by atoms with E-state index < -0.39 is 0 Å². The van der Waals surface area contributed by atoms with E-state index in [1.807, 2.05) is 0 Å². The Kier molecular flexibility index (Phi) is 6.22. The first-order valence-electron chi connectivity index (χ1n) is 7.63. The molecule has 0 saturated heterocycles. The number of ether oxygens (including phenoxy) is 1. The van der Waals surface area contributed by atoms with Crippen LogP contribution >= 0.6 is 11.6 Å². The summed E-state index contributed by atoms with van der Waals surface area (Å²) < 4.78 is 5.19. The molecule has 3 nitrogen and oxygen atoms in total. The molecule has 1 aliphatic carbocycles. The SMILES string of the molecule is COCCN(CCC(=O)c1ccc(Cl)cc1)C(C)C1CC1. The van der Waals surface area contributed by atoms with Crippen molar-refractivity contribution in [1.29, 1.82) is 0 Å². The standard InChI is InChI=1S/C17H24ClNO2/c1-13(14-3-4-14)19(11-12-21-2)10-9-17(20)15-5-7-16(18)8-6-15/h5-8,13-14H,3-4,9-12H2,1-2H3. The molecule has 0 aliphatic heterocycles. The molecule has 1 saturated carbocycles. The van der Waals surface area contributed by atoms with Crippen molar-refractivity contribution in [3.63, 3.8) is 0 Å². The van der Waals surface area contributed by atoms with Gasteiger partial charge in [-0.05, 0) is 49.9 Å². The number of halogens is 1. The number of benzene rings is 1. The van der Waals surface area contributed by atoms with Gasteiger partial charge in [-0.2, -0.15) is 0 Å². The normalized spacial score (nSPS) is 16.2. The first-order chi connectivity index (χ1) is 10.1. The summed E-state index contributed by atoms with van der Waals surface area (Å²) in [6.07, 6.45) is 3.17. The van der Waals surface area contributed by atoms with Gasteiger partial charge in [-0.3, -0.25) is 9.69 Å². The van der Waals surface area contributed by atoms with Gasteiger partial charge in [0.25, 0.3) is 0 Å². The van der Waals surface area contributed by atoms with E-state index in [0.717, 1.165) is 24.6 Å².